The van der Waals surface area contributed by atoms with Crippen LogP contribution < -0.4 is 5.32 Å². The molecular formula is C17H21F3N2O3. The maximum Gasteiger partial charge on any atom is 0.471 e. The van der Waals surface area contributed by atoms with Crippen molar-refractivity contribution in [3.63, 3.8) is 0 Å². The van der Waals surface area contributed by atoms with Crippen LogP contribution >= 0.6 is 0 Å². The van der Waals surface area contributed by atoms with Crippen LogP contribution in [0.15, 0.2) is 30.3 Å². The molecule has 0 aromatic heterocycles. The van der Waals surface area contributed by atoms with Crippen LogP contribution in [0.4, 0.5) is 13.2 Å². The molecule has 1 aromatic rings. The Balaban J connectivity index is 2.00. The molecule has 0 bridgehead atoms. The van der Waals surface area contributed by atoms with Crippen LogP contribution in [-0.2, 0) is 10.3 Å². The second-order valence-corrected chi connectivity index (χ2v) is 7.13. The highest BCUT2D eigenvalue weighted by Crippen LogP contribution is 2.47. The molecule has 5 nitrogen and oxygen atoms in total. The third-order valence-electron chi connectivity index (χ3n) is 5.58. The molecule has 0 aliphatic carbocycles. The summed E-state index contributed by atoms with van der Waals surface area (Å²) in [6.07, 6.45) is -4.96. The molecule has 2 aliphatic heterocycles. The van der Waals surface area contributed by atoms with Crippen LogP contribution in [0.5, 0.6) is 0 Å². The topological polar surface area (TPSA) is 72.8 Å². The van der Waals surface area contributed by atoms with Gasteiger partial charge in [0.1, 0.15) is 0 Å². The summed E-state index contributed by atoms with van der Waals surface area (Å²) >= 11 is 0. The Hall–Kier alpha value is -1.64. The van der Waals surface area contributed by atoms with Crippen molar-refractivity contribution in [2.75, 3.05) is 26.2 Å². The van der Waals surface area contributed by atoms with Crippen molar-refractivity contribution >= 4 is 5.91 Å². The number of fused-ring (bicyclic) bond motifs is 1. The predicted molar refractivity (Wildman–Crippen MR) is 83.4 cm³/mol. The number of β-amino-alcohol motifs (C(OH)–C–C–N with tert-alkyl or cyclic N) is 1. The number of hydrogen-bond acceptors (Lipinski definition) is 4. The molecule has 138 valence electrons. The van der Waals surface area contributed by atoms with Gasteiger partial charge in [0.2, 0.25) is 0 Å². The minimum Gasteiger partial charge on any atom is -0.394 e. The SMILES string of the molecule is C[C@]1(O)CN[C@](CO)(c2ccccc2)[C@@H]2CN(C(=O)C(F)(F)F)C[C@@H]21. The minimum absolute atomic E-state index is 0.109. The van der Waals surface area contributed by atoms with E-state index in [1.54, 1.807) is 37.3 Å². The summed E-state index contributed by atoms with van der Waals surface area (Å²) in [4.78, 5) is 12.4. The van der Waals surface area contributed by atoms with E-state index in [4.69, 9.17) is 0 Å². The lowest BCUT2D eigenvalue weighted by molar-refractivity contribution is -0.184. The first-order valence-electron chi connectivity index (χ1n) is 8.12. The van der Waals surface area contributed by atoms with Gasteiger partial charge >= 0.3 is 12.1 Å². The van der Waals surface area contributed by atoms with Crippen molar-refractivity contribution in [3.8, 4) is 0 Å². The van der Waals surface area contributed by atoms with Crippen LogP contribution in [-0.4, -0.2) is 59.0 Å². The van der Waals surface area contributed by atoms with Gasteiger partial charge in [-0.2, -0.15) is 13.2 Å². The maximum absolute atomic E-state index is 12.9. The summed E-state index contributed by atoms with van der Waals surface area (Å²) in [5.74, 6) is -3.03. The summed E-state index contributed by atoms with van der Waals surface area (Å²) in [5.41, 5.74) is -1.56. The van der Waals surface area contributed by atoms with Crippen molar-refractivity contribution in [2.24, 2.45) is 11.8 Å². The van der Waals surface area contributed by atoms with E-state index in [1.807, 2.05) is 0 Å². The fraction of sp³-hybridized carbons (Fsp3) is 0.588. The molecule has 1 amide bonds. The molecular weight excluding hydrogens is 337 g/mol. The number of carbonyl (C=O) groups is 1. The zero-order chi connectivity index (χ0) is 18.5. The normalized spacial score (nSPS) is 35.5. The molecule has 0 spiro atoms. The van der Waals surface area contributed by atoms with Crippen molar-refractivity contribution in [1.82, 2.24) is 10.2 Å². The highest BCUT2D eigenvalue weighted by atomic mass is 19.4. The van der Waals surface area contributed by atoms with Crippen molar-refractivity contribution < 1.29 is 28.2 Å². The molecule has 8 heteroatoms. The second kappa shape index (κ2) is 5.96. The summed E-state index contributed by atoms with van der Waals surface area (Å²) in [5, 5.41) is 23.9. The fourth-order valence-electron chi connectivity index (χ4n) is 4.19. The Labute approximate surface area is 143 Å². The quantitative estimate of drug-likeness (QED) is 0.734. The van der Waals surface area contributed by atoms with Crippen LogP contribution in [0.25, 0.3) is 0 Å². The van der Waals surface area contributed by atoms with Gasteiger partial charge in [-0.3, -0.25) is 4.79 Å². The van der Waals surface area contributed by atoms with E-state index in [0.29, 0.717) is 0 Å². The van der Waals surface area contributed by atoms with E-state index >= 15 is 0 Å². The molecule has 25 heavy (non-hydrogen) atoms. The van der Waals surface area contributed by atoms with Gasteiger partial charge in [-0.1, -0.05) is 30.3 Å². The monoisotopic (exact) mass is 358 g/mol. The number of likely N-dealkylation sites (tertiary alicyclic amines) is 1. The molecule has 1 aromatic carbocycles. The number of nitrogens with zero attached hydrogens (tertiary/aromatic N) is 1. The molecule has 2 fully saturated rings. The highest BCUT2D eigenvalue weighted by Gasteiger charge is 2.59. The number of aliphatic hydroxyl groups is 2. The van der Waals surface area contributed by atoms with E-state index in [2.05, 4.69) is 5.32 Å². The van der Waals surface area contributed by atoms with E-state index in [-0.39, 0.29) is 26.2 Å². The molecule has 3 rings (SSSR count). The molecule has 2 heterocycles. The number of aliphatic hydroxyl groups excluding tert-OH is 1. The lowest BCUT2D eigenvalue weighted by atomic mass is 9.65. The number of piperidine rings is 1. The number of alkyl halides is 3. The zero-order valence-electron chi connectivity index (χ0n) is 13.8. The van der Waals surface area contributed by atoms with Gasteiger partial charge in [0, 0.05) is 31.5 Å². The molecule has 2 saturated heterocycles. The van der Waals surface area contributed by atoms with Crippen LogP contribution in [0.1, 0.15) is 12.5 Å². The molecule has 0 radical (unpaired) electrons. The molecule has 4 atom stereocenters. The standard InChI is InChI=1S/C17H21F3N2O3/c1-15(25)9-21-16(10-23,11-5-3-2-4-6-11)13-8-22(7-12(13)15)14(24)17(18,19)20/h2-6,12-13,21,23,25H,7-10H2,1H3/t12-,13+,15-,16+/m0/s1. The number of benzene rings is 1. The number of rotatable bonds is 2. The van der Waals surface area contributed by atoms with Gasteiger partial charge in [-0.25, -0.2) is 0 Å². The lowest BCUT2D eigenvalue weighted by Gasteiger charge is -2.51. The van der Waals surface area contributed by atoms with Gasteiger partial charge in [0.25, 0.3) is 0 Å². The first-order chi connectivity index (χ1) is 11.6. The second-order valence-electron chi connectivity index (χ2n) is 7.13. The fourth-order valence-corrected chi connectivity index (χ4v) is 4.19. The molecule has 0 unspecified atom stereocenters. The lowest BCUT2D eigenvalue weighted by Crippen LogP contribution is -2.66. The number of hydrogen-bond donors (Lipinski definition) is 3. The van der Waals surface area contributed by atoms with Gasteiger partial charge < -0.3 is 20.4 Å². The van der Waals surface area contributed by atoms with Gasteiger partial charge in [-0.15, -0.1) is 0 Å². The van der Waals surface area contributed by atoms with Crippen LogP contribution in [0.2, 0.25) is 0 Å². The van der Waals surface area contributed by atoms with Gasteiger partial charge in [0.05, 0.1) is 17.7 Å². The summed E-state index contributed by atoms with van der Waals surface area (Å²) in [6.45, 7) is 0.944. The summed E-state index contributed by atoms with van der Waals surface area (Å²) in [6, 6.07) is 8.94. The van der Waals surface area contributed by atoms with E-state index in [1.165, 1.54) is 0 Å². The Morgan fingerprint density at radius 3 is 2.44 bits per heavy atom. The highest BCUT2D eigenvalue weighted by molar-refractivity contribution is 5.82. The van der Waals surface area contributed by atoms with Crippen molar-refractivity contribution in [1.29, 1.82) is 0 Å². The Morgan fingerprint density at radius 2 is 1.88 bits per heavy atom. The minimum atomic E-state index is -4.96. The number of carbonyl (C=O) groups excluding carboxylic acids is 1. The van der Waals surface area contributed by atoms with Gasteiger partial charge in [0.15, 0.2) is 0 Å². The molecule has 2 aliphatic rings. The average molecular weight is 358 g/mol. The molecule has 0 saturated carbocycles. The molecule has 3 N–H and O–H groups in total. The predicted octanol–water partition coefficient (Wildman–Crippen LogP) is 0.865. The first-order valence-corrected chi connectivity index (χ1v) is 8.12. The maximum atomic E-state index is 12.9. The van der Waals surface area contributed by atoms with Gasteiger partial charge in [-0.05, 0) is 12.5 Å². The van der Waals surface area contributed by atoms with E-state index in [0.717, 1.165) is 10.5 Å². The Bertz CT molecular complexity index is 650. The third-order valence-corrected chi connectivity index (χ3v) is 5.58. The summed E-state index contributed by atoms with van der Waals surface area (Å²) in [7, 11) is 0. The summed E-state index contributed by atoms with van der Waals surface area (Å²) < 4.78 is 38.6. The van der Waals surface area contributed by atoms with Crippen molar-refractivity contribution in [2.45, 2.75) is 24.2 Å². The zero-order valence-corrected chi connectivity index (χ0v) is 13.8. The number of amides is 1. The Kier molecular flexibility index (Phi) is 4.33. The van der Waals surface area contributed by atoms with Crippen LogP contribution in [0.3, 0.4) is 0 Å². The number of nitrogens with one attached hydrogen (secondary N) is 1. The third kappa shape index (κ3) is 2.92. The van der Waals surface area contributed by atoms with Crippen molar-refractivity contribution in [3.05, 3.63) is 35.9 Å². The first kappa shape index (κ1) is 18.2. The largest absolute Gasteiger partial charge is 0.471 e. The van der Waals surface area contributed by atoms with Crippen LogP contribution in [0, 0.1) is 11.8 Å². The van der Waals surface area contributed by atoms with E-state index < -0.39 is 35.1 Å². The number of halogens is 3. The van der Waals surface area contributed by atoms with E-state index in [9.17, 15) is 28.2 Å². The Morgan fingerprint density at radius 1 is 1.28 bits per heavy atom. The smallest absolute Gasteiger partial charge is 0.394 e. The average Bonchev–Trinajstić information content (AvgIpc) is 3.02.